The number of hydrogen-bond donors (Lipinski definition) is 0. The molecule has 0 saturated carbocycles. The summed E-state index contributed by atoms with van der Waals surface area (Å²) in [5.74, 6) is -0.366. The molecule has 17 heavy (non-hydrogen) atoms. The summed E-state index contributed by atoms with van der Waals surface area (Å²) in [6.45, 7) is 1.90. The van der Waals surface area contributed by atoms with Crippen LogP contribution in [0.5, 0.6) is 0 Å². The lowest BCUT2D eigenvalue weighted by Gasteiger charge is -2.29. The molecule has 1 aliphatic heterocycles. The van der Waals surface area contributed by atoms with Crippen molar-refractivity contribution in [1.29, 1.82) is 0 Å². The maximum Gasteiger partial charge on any atom is 0.341 e. The van der Waals surface area contributed by atoms with Gasteiger partial charge in [-0.05, 0) is 25.3 Å². The quantitative estimate of drug-likeness (QED) is 0.601. The maximum atomic E-state index is 11.7. The average molecular weight is 255 g/mol. The molecule has 0 unspecified atom stereocenters. The van der Waals surface area contributed by atoms with Gasteiger partial charge in [0.2, 0.25) is 0 Å². The number of nitrogens with zero attached hydrogens (tertiary/aromatic N) is 2. The molecular weight excluding hydrogens is 240 g/mol. The highest BCUT2D eigenvalue weighted by molar-refractivity contribution is 6.29. The third kappa shape index (κ3) is 2.69. The van der Waals surface area contributed by atoms with E-state index < -0.39 is 0 Å². The molecule has 0 aliphatic carbocycles. The van der Waals surface area contributed by atoms with Gasteiger partial charge >= 0.3 is 5.97 Å². The number of esters is 1. The van der Waals surface area contributed by atoms with E-state index in [2.05, 4.69) is 9.88 Å². The van der Waals surface area contributed by atoms with Crippen molar-refractivity contribution in [3.63, 3.8) is 0 Å². The van der Waals surface area contributed by atoms with Crippen LogP contribution >= 0.6 is 11.6 Å². The number of ether oxygens (including phenoxy) is 1. The van der Waals surface area contributed by atoms with Crippen molar-refractivity contribution in [2.75, 3.05) is 25.1 Å². The van der Waals surface area contributed by atoms with Crippen LogP contribution in [0.2, 0.25) is 5.15 Å². The number of aromatic nitrogens is 1. The van der Waals surface area contributed by atoms with Crippen molar-refractivity contribution in [3.05, 3.63) is 23.0 Å². The van der Waals surface area contributed by atoms with Gasteiger partial charge in [-0.1, -0.05) is 11.6 Å². The Morgan fingerprint density at radius 2 is 2.12 bits per heavy atom. The highest BCUT2D eigenvalue weighted by Crippen LogP contribution is 2.26. The molecule has 0 N–H and O–H groups in total. The second kappa shape index (κ2) is 5.36. The number of halogens is 1. The third-order valence-corrected chi connectivity index (χ3v) is 3.16. The number of rotatable bonds is 2. The number of anilines is 1. The minimum absolute atomic E-state index is 0.366. The van der Waals surface area contributed by atoms with Gasteiger partial charge in [-0.2, -0.15) is 0 Å². The van der Waals surface area contributed by atoms with E-state index in [1.54, 1.807) is 6.07 Å². The lowest BCUT2D eigenvalue weighted by molar-refractivity contribution is 0.0601. The van der Waals surface area contributed by atoms with Gasteiger partial charge in [0.05, 0.1) is 12.8 Å². The lowest BCUT2D eigenvalue weighted by Crippen LogP contribution is -2.31. The summed E-state index contributed by atoms with van der Waals surface area (Å²) in [5.41, 5.74) is 1.32. The van der Waals surface area contributed by atoms with Gasteiger partial charge in [0, 0.05) is 19.3 Å². The predicted octanol–water partition coefficient (Wildman–Crippen LogP) is 2.51. The van der Waals surface area contributed by atoms with Crippen LogP contribution in [-0.2, 0) is 4.74 Å². The molecule has 5 heteroatoms. The molecule has 0 atom stereocenters. The normalized spacial score (nSPS) is 15.8. The summed E-state index contributed by atoms with van der Waals surface area (Å²) in [5, 5.41) is 0.401. The van der Waals surface area contributed by atoms with Gasteiger partial charge in [0.15, 0.2) is 0 Å². The number of pyridine rings is 1. The van der Waals surface area contributed by atoms with Gasteiger partial charge in [-0.15, -0.1) is 0 Å². The van der Waals surface area contributed by atoms with Gasteiger partial charge in [-0.3, -0.25) is 0 Å². The molecule has 0 aromatic carbocycles. The van der Waals surface area contributed by atoms with E-state index in [0.717, 1.165) is 31.6 Å². The molecule has 2 heterocycles. The Morgan fingerprint density at radius 3 is 2.76 bits per heavy atom. The van der Waals surface area contributed by atoms with Gasteiger partial charge in [-0.25, -0.2) is 9.78 Å². The molecule has 0 radical (unpaired) electrons. The van der Waals surface area contributed by atoms with Crippen LogP contribution in [0.25, 0.3) is 0 Å². The fourth-order valence-corrected chi connectivity index (χ4v) is 2.24. The smallest absolute Gasteiger partial charge is 0.341 e. The number of methoxy groups -OCH3 is 1. The second-order valence-corrected chi connectivity index (χ2v) is 4.45. The summed E-state index contributed by atoms with van der Waals surface area (Å²) >= 11 is 5.89. The molecule has 92 valence electrons. The monoisotopic (exact) mass is 254 g/mol. The molecule has 1 fully saturated rings. The van der Waals surface area contributed by atoms with E-state index in [-0.39, 0.29) is 5.97 Å². The molecule has 1 aromatic rings. The first kappa shape index (κ1) is 12.2. The van der Waals surface area contributed by atoms with Crippen molar-refractivity contribution < 1.29 is 9.53 Å². The first-order valence-corrected chi connectivity index (χ1v) is 6.09. The molecular formula is C12H15ClN2O2. The van der Waals surface area contributed by atoms with E-state index in [0.29, 0.717) is 10.7 Å². The minimum atomic E-state index is -0.366. The highest BCUT2D eigenvalue weighted by Gasteiger charge is 2.19. The topological polar surface area (TPSA) is 42.4 Å². The molecule has 1 aromatic heterocycles. The maximum absolute atomic E-state index is 11.7. The Kier molecular flexibility index (Phi) is 3.84. The summed E-state index contributed by atoms with van der Waals surface area (Å²) in [4.78, 5) is 17.8. The van der Waals surface area contributed by atoms with Crippen LogP contribution in [-0.4, -0.2) is 31.2 Å². The first-order valence-electron chi connectivity index (χ1n) is 5.71. The Balaban J connectivity index is 2.35. The minimum Gasteiger partial charge on any atom is -0.465 e. The number of piperidine rings is 1. The third-order valence-electron chi connectivity index (χ3n) is 2.95. The Hall–Kier alpha value is -1.29. The Morgan fingerprint density at radius 1 is 1.41 bits per heavy atom. The fraction of sp³-hybridized carbons (Fsp3) is 0.500. The number of hydrogen-bond acceptors (Lipinski definition) is 4. The van der Waals surface area contributed by atoms with E-state index in [9.17, 15) is 4.79 Å². The molecule has 1 saturated heterocycles. The molecule has 0 bridgehead atoms. The highest BCUT2D eigenvalue weighted by atomic mass is 35.5. The van der Waals surface area contributed by atoms with E-state index in [1.165, 1.54) is 19.7 Å². The summed E-state index contributed by atoms with van der Waals surface area (Å²) in [6, 6.07) is 1.74. The molecule has 1 aliphatic rings. The zero-order valence-electron chi connectivity index (χ0n) is 9.78. The first-order chi connectivity index (χ1) is 8.22. The predicted molar refractivity (Wildman–Crippen MR) is 66.7 cm³/mol. The van der Waals surface area contributed by atoms with Crippen molar-refractivity contribution in [2.24, 2.45) is 0 Å². The number of carbonyl (C=O) groups is 1. The molecule has 0 amide bonds. The van der Waals surface area contributed by atoms with Crippen LogP contribution in [0.4, 0.5) is 5.69 Å². The lowest BCUT2D eigenvalue weighted by atomic mass is 10.1. The van der Waals surface area contributed by atoms with Crippen LogP contribution in [0.1, 0.15) is 29.6 Å². The summed E-state index contributed by atoms with van der Waals surface area (Å²) in [7, 11) is 1.37. The van der Waals surface area contributed by atoms with Crippen molar-refractivity contribution in [1.82, 2.24) is 4.98 Å². The van der Waals surface area contributed by atoms with Gasteiger partial charge in [0.25, 0.3) is 0 Å². The SMILES string of the molecule is COC(=O)c1cnc(Cl)cc1N1CCCCC1. The van der Waals surface area contributed by atoms with Crippen molar-refractivity contribution >= 4 is 23.3 Å². The zero-order valence-corrected chi connectivity index (χ0v) is 10.5. The molecule has 0 spiro atoms. The summed E-state index contributed by atoms with van der Waals surface area (Å²) < 4.78 is 4.76. The van der Waals surface area contributed by atoms with Crippen molar-refractivity contribution in [2.45, 2.75) is 19.3 Å². The van der Waals surface area contributed by atoms with Crippen LogP contribution in [0.3, 0.4) is 0 Å². The fourth-order valence-electron chi connectivity index (χ4n) is 2.08. The van der Waals surface area contributed by atoms with Gasteiger partial charge in [0.1, 0.15) is 10.7 Å². The zero-order chi connectivity index (χ0) is 12.3. The molecule has 2 rings (SSSR count). The van der Waals surface area contributed by atoms with Crippen molar-refractivity contribution in [3.8, 4) is 0 Å². The summed E-state index contributed by atoms with van der Waals surface area (Å²) in [6.07, 6.45) is 5.00. The number of carbonyl (C=O) groups excluding carboxylic acids is 1. The van der Waals surface area contributed by atoms with Crippen LogP contribution in [0.15, 0.2) is 12.3 Å². The van der Waals surface area contributed by atoms with Crippen LogP contribution in [0, 0.1) is 0 Å². The van der Waals surface area contributed by atoms with Crippen LogP contribution < -0.4 is 4.90 Å². The molecule has 4 nitrogen and oxygen atoms in total. The largest absolute Gasteiger partial charge is 0.465 e. The van der Waals surface area contributed by atoms with Gasteiger partial charge < -0.3 is 9.64 Å². The second-order valence-electron chi connectivity index (χ2n) is 4.06. The van der Waals surface area contributed by atoms with E-state index in [4.69, 9.17) is 16.3 Å². The average Bonchev–Trinajstić information content (AvgIpc) is 2.39. The Bertz CT molecular complexity index is 417. The van der Waals surface area contributed by atoms with E-state index >= 15 is 0 Å². The Labute approximate surface area is 106 Å². The van der Waals surface area contributed by atoms with E-state index in [1.807, 2.05) is 0 Å². The standard InChI is InChI=1S/C12H15ClN2O2/c1-17-12(16)9-8-14-11(13)7-10(9)15-5-3-2-4-6-15/h7-8H,2-6H2,1H3.